The van der Waals surface area contributed by atoms with Gasteiger partial charge in [0, 0.05) is 31.1 Å². The Labute approximate surface area is 156 Å². The third-order valence-electron chi connectivity index (χ3n) is 4.22. The number of halogens is 1. The summed E-state index contributed by atoms with van der Waals surface area (Å²) in [7, 11) is -3.67. The van der Waals surface area contributed by atoms with Crippen molar-refractivity contribution in [3.8, 4) is 0 Å². The predicted octanol–water partition coefficient (Wildman–Crippen LogP) is 1.82. The summed E-state index contributed by atoms with van der Waals surface area (Å²) in [6, 6.07) is 9.79. The van der Waals surface area contributed by atoms with Crippen molar-refractivity contribution in [1.82, 2.24) is 9.62 Å². The highest BCUT2D eigenvalue weighted by Gasteiger charge is 2.24. The fourth-order valence-electron chi connectivity index (χ4n) is 2.80. The zero-order valence-corrected chi connectivity index (χ0v) is 15.9. The Morgan fingerprint density at radius 1 is 1.15 bits per heavy atom. The van der Waals surface area contributed by atoms with E-state index < -0.39 is 10.0 Å². The maximum atomic E-state index is 13.8. The molecule has 6 nitrogen and oxygen atoms in total. The van der Waals surface area contributed by atoms with Crippen LogP contribution < -0.4 is 9.62 Å². The number of amides is 1. The molecular formula is C17H20FN3O3S2. The molecule has 1 amide bonds. The molecule has 0 radical (unpaired) electrons. The second kappa shape index (κ2) is 7.73. The summed E-state index contributed by atoms with van der Waals surface area (Å²) in [4.78, 5) is 16.7. The first-order valence-electron chi connectivity index (χ1n) is 8.20. The fraction of sp³-hybridized carbons (Fsp3) is 0.353. The zero-order chi connectivity index (χ0) is 18.7. The number of thiophene rings is 1. The summed E-state index contributed by atoms with van der Waals surface area (Å²) in [5.74, 6) is -0.568. The van der Waals surface area contributed by atoms with Gasteiger partial charge in [-0.1, -0.05) is 12.1 Å². The van der Waals surface area contributed by atoms with Crippen LogP contribution in [0, 0.1) is 12.7 Å². The van der Waals surface area contributed by atoms with Gasteiger partial charge in [0.2, 0.25) is 5.91 Å². The molecule has 0 unspecified atom stereocenters. The van der Waals surface area contributed by atoms with Crippen LogP contribution in [0.1, 0.15) is 4.88 Å². The van der Waals surface area contributed by atoms with Gasteiger partial charge in [-0.25, -0.2) is 17.5 Å². The van der Waals surface area contributed by atoms with Crippen LogP contribution in [0.2, 0.25) is 0 Å². The van der Waals surface area contributed by atoms with Crippen LogP contribution in [0.4, 0.5) is 10.1 Å². The molecule has 1 fully saturated rings. The van der Waals surface area contributed by atoms with Crippen molar-refractivity contribution in [2.75, 3.05) is 37.6 Å². The molecule has 0 saturated carbocycles. The van der Waals surface area contributed by atoms with Crippen molar-refractivity contribution in [3.63, 3.8) is 0 Å². The molecule has 0 aliphatic carbocycles. The van der Waals surface area contributed by atoms with Gasteiger partial charge in [0.15, 0.2) is 0 Å². The lowest BCUT2D eigenvalue weighted by atomic mass is 10.2. The minimum Gasteiger partial charge on any atom is -0.366 e. The molecule has 1 saturated heterocycles. The molecule has 140 valence electrons. The molecule has 1 aromatic heterocycles. The fourth-order valence-corrected chi connectivity index (χ4v) is 5.10. The normalized spacial score (nSPS) is 15.3. The maximum Gasteiger partial charge on any atom is 0.250 e. The van der Waals surface area contributed by atoms with E-state index in [4.69, 9.17) is 0 Å². The lowest BCUT2D eigenvalue weighted by Gasteiger charge is -2.36. The first kappa shape index (κ1) is 18.8. The molecule has 3 rings (SSSR count). The number of para-hydroxylation sites is 1. The third kappa shape index (κ3) is 4.22. The number of benzene rings is 1. The summed E-state index contributed by atoms with van der Waals surface area (Å²) in [6.45, 7) is 3.40. The Kier molecular flexibility index (Phi) is 5.59. The van der Waals surface area contributed by atoms with Gasteiger partial charge in [-0.05, 0) is 31.2 Å². The van der Waals surface area contributed by atoms with Crippen LogP contribution in [0.3, 0.4) is 0 Å². The number of hydrogen-bond donors (Lipinski definition) is 1. The van der Waals surface area contributed by atoms with E-state index in [0.717, 1.165) is 16.2 Å². The molecule has 1 aliphatic rings. The number of sulfonamides is 1. The molecule has 0 spiro atoms. The Bertz CT molecular complexity index is 890. The topological polar surface area (TPSA) is 69.7 Å². The molecule has 2 heterocycles. The average molecular weight is 397 g/mol. The van der Waals surface area contributed by atoms with Gasteiger partial charge in [-0.15, -0.1) is 11.3 Å². The first-order chi connectivity index (χ1) is 12.4. The van der Waals surface area contributed by atoms with Crippen molar-refractivity contribution in [3.05, 3.63) is 47.1 Å². The highest BCUT2D eigenvalue weighted by atomic mass is 32.2. The van der Waals surface area contributed by atoms with E-state index in [9.17, 15) is 17.6 Å². The Hall–Kier alpha value is -1.97. The van der Waals surface area contributed by atoms with E-state index in [1.807, 2.05) is 11.8 Å². The average Bonchev–Trinajstić information content (AvgIpc) is 3.08. The SMILES string of the molecule is Cc1ccc(S(=O)(=O)NCC(=O)N2CCN(c3ccccc3F)CC2)s1. The van der Waals surface area contributed by atoms with Gasteiger partial charge >= 0.3 is 0 Å². The maximum absolute atomic E-state index is 13.8. The van der Waals surface area contributed by atoms with Crippen LogP contribution in [-0.4, -0.2) is 51.9 Å². The second-order valence-electron chi connectivity index (χ2n) is 6.01. The lowest BCUT2D eigenvalue weighted by molar-refractivity contribution is -0.130. The van der Waals surface area contributed by atoms with Crippen molar-refractivity contribution in [1.29, 1.82) is 0 Å². The minimum absolute atomic E-state index is 0.201. The van der Waals surface area contributed by atoms with Crippen LogP contribution in [0.25, 0.3) is 0 Å². The van der Waals surface area contributed by atoms with E-state index in [1.54, 1.807) is 29.2 Å². The molecule has 9 heteroatoms. The molecule has 1 aliphatic heterocycles. The van der Waals surface area contributed by atoms with E-state index in [2.05, 4.69) is 4.72 Å². The van der Waals surface area contributed by atoms with E-state index >= 15 is 0 Å². The number of nitrogens with zero attached hydrogens (tertiary/aromatic N) is 2. The Morgan fingerprint density at radius 2 is 1.85 bits per heavy atom. The molecule has 1 N–H and O–H groups in total. The van der Waals surface area contributed by atoms with Crippen LogP contribution in [0.5, 0.6) is 0 Å². The summed E-state index contributed by atoms with van der Waals surface area (Å²) < 4.78 is 40.8. The molecule has 1 aromatic carbocycles. The Morgan fingerprint density at radius 3 is 2.46 bits per heavy atom. The summed E-state index contributed by atoms with van der Waals surface area (Å²) in [6.07, 6.45) is 0. The zero-order valence-electron chi connectivity index (χ0n) is 14.3. The van der Waals surface area contributed by atoms with Crippen molar-refractivity contribution >= 4 is 33.0 Å². The standard InChI is InChI=1S/C17H20FN3O3S2/c1-13-6-7-17(25-13)26(23,24)19-12-16(22)21-10-8-20(9-11-21)15-5-3-2-4-14(15)18/h2-7,19H,8-12H2,1H3. The largest absolute Gasteiger partial charge is 0.366 e. The number of nitrogens with one attached hydrogen (secondary N) is 1. The quantitative estimate of drug-likeness (QED) is 0.836. The molecule has 0 bridgehead atoms. The van der Waals surface area contributed by atoms with E-state index in [0.29, 0.717) is 31.9 Å². The first-order valence-corrected chi connectivity index (χ1v) is 10.5. The minimum atomic E-state index is -3.67. The predicted molar refractivity (Wildman–Crippen MR) is 99.4 cm³/mol. The van der Waals surface area contributed by atoms with Gasteiger partial charge in [0.25, 0.3) is 10.0 Å². The van der Waals surface area contributed by atoms with Gasteiger partial charge in [-0.2, -0.15) is 0 Å². The lowest BCUT2D eigenvalue weighted by Crippen LogP contribution is -2.51. The summed E-state index contributed by atoms with van der Waals surface area (Å²) in [5, 5.41) is 0. The summed E-state index contributed by atoms with van der Waals surface area (Å²) in [5.41, 5.74) is 0.522. The van der Waals surface area contributed by atoms with Crippen LogP contribution in [-0.2, 0) is 14.8 Å². The van der Waals surface area contributed by atoms with Gasteiger partial charge in [-0.3, -0.25) is 4.79 Å². The molecule has 26 heavy (non-hydrogen) atoms. The van der Waals surface area contributed by atoms with Crippen molar-refractivity contribution in [2.45, 2.75) is 11.1 Å². The highest BCUT2D eigenvalue weighted by Crippen LogP contribution is 2.21. The van der Waals surface area contributed by atoms with Gasteiger partial charge in [0.05, 0.1) is 12.2 Å². The number of piperazine rings is 1. The summed E-state index contributed by atoms with van der Waals surface area (Å²) >= 11 is 1.16. The van der Waals surface area contributed by atoms with Crippen LogP contribution in [0.15, 0.2) is 40.6 Å². The van der Waals surface area contributed by atoms with E-state index in [1.165, 1.54) is 12.1 Å². The monoisotopic (exact) mass is 397 g/mol. The van der Waals surface area contributed by atoms with Crippen molar-refractivity contribution in [2.24, 2.45) is 0 Å². The molecule has 0 atom stereocenters. The van der Waals surface area contributed by atoms with E-state index in [-0.39, 0.29) is 22.5 Å². The second-order valence-corrected chi connectivity index (χ2v) is 9.29. The molecule has 2 aromatic rings. The number of hydrogen-bond acceptors (Lipinski definition) is 5. The number of carbonyl (C=O) groups is 1. The number of rotatable bonds is 5. The van der Waals surface area contributed by atoms with Crippen molar-refractivity contribution < 1.29 is 17.6 Å². The Balaban J connectivity index is 1.53. The van der Waals surface area contributed by atoms with Crippen LogP contribution >= 0.6 is 11.3 Å². The number of carbonyl (C=O) groups excluding carboxylic acids is 1. The van der Waals surface area contributed by atoms with Gasteiger partial charge < -0.3 is 9.80 Å². The molecular weight excluding hydrogens is 377 g/mol. The van der Waals surface area contributed by atoms with Gasteiger partial charge in [0.1, 0.15) is 10.0 Å². The smallest absolute Gasteiger partial charge is 0.250 e. The number of anilines is 1. The highest BCUT2D eigenvalue weighted by molar-refractivity contribution is 7.91. The third-order valence-corrected chi connectivity index (χ3v) is 7.11. The number of aryl methyl sites for hydroxylation is 1.